The van der Waals surface area contributed by atoms with Crippen LogP contribution in [0.5, 0.6) is 0 Å². The van der Waals surface area contributed by atoms with E-state index in [1.54, 1.807) is 0 Å². The van der Waals surface area contributed by atoms with Gasteiger partial charge in [-0.3, -0.25) is 0 Å². The van der Waals surface area contributed by atoms with E-state index in [1.165, 1.54) is 0 Å². The Bertz CT molecular complexity index is 390. The number of unbranched alkanes of at least 4 members (excludes halogenated alkanes) is 2. The number of ether oxygens (including phenoxy) is 4. The summed E-state index contributed by atoms with van der Waals surface area (Å²) in [5.41, 5.74) is 0. The lowest BCUT2D eigenvalue weighted by molar-refractivity contribution is -0.240. The molecule has 0 aromatic carbocycles. The predicted octanol–water partition coefficient (Wildman–Crippen LogP) is 1.49. The summed E-state index contributed by atoms with van der Waals surface area (Å²) in [7, 11) is 0. The van der Waals surface area contributed by atoms with Crippen molar-refractivity contribution in [2.75, 3.05) is 0 Å². The largest absolute Gasteiger partial charge is 0.454 e. The van der Waals surface area contributed by atoms with Crippen LogP contribution in [0.2, 0.25) is 0 Å². The van der Waals surface area contributed by atoms with E-state index >= 15 is 0 Å². The van der Waals surface area contributed by atoms with Crippen molar-refractivity contribution in [1.82, 2.24) is 0 Å². The van der Waals surface area contributed by atoms with Gasteiger partial charge in [-0.05, 0) is 12.8 Å². The molecule has 0 aromatic heterocycles. The highest BCUT2D eigenvalue weighted by Gasteiger charge is 2.64. The second-order valence-electron chi connectivity index (χ2n) is 6.13. The van der Waals surface area contributed by atoms with E-state index in [1.807, 2.05) is 0 Å². The van der Waals surface area contributed by atoms with E-state index in [0.29, 0.717) is 0 Å². The number of hydrogen-bond donors (Lipinski definition) is 1. The average molecular weight is 300 g/mol. The molecule has 0 bridgehead atoms. The second-order valence-corrected chi connectivity index (χ2v) is 6.13. The van der Waals surface area contributed by atoms with Gasteiger partial charge in [0, 0.05) is 12.8 Å². The standard InChI is InChI=1S/C15H24O6/c1-3-5-7-15(8-6-4-2)20-12-11-10(19-14(12)21-15)9(16)13(17)18-11/h9-12,14,16H,3-8H2,1-2H3/t9-,10+,11-,12+,14+/m0/s1. The molecule has 0 radical (unpaired) electrons. The Morgan fingerprint density at radius 1 is 1.05 bits per heavy atom. The Morgan fingerprint density at radius 2 is 1.71 bits per heavy atom. The lowest BCUT2D eigenvalue weighted by Gasteiger charge is -2.30. The Morgan fingerprint density at radius 3 is 2.33 bits per heavy atom. The summed E-state index contributed by atoms with van der Waals surface area (Å²) in [5, 5.41) is 9.73. The number of carbonyl (C=O) groups excluding carboxylic acids is 1. The molecule has 0 saturated carbocycles. The molecule has 3 heterocycles. The quantitative estimate of drug-likeness (QED) is 0.749. The van der Waals surface area contributed by atoms with Crippen molar-refractivity contribution < 1.29 is 28.8 Å². The Labute approximate surface area is 124 Å². The van der Waals surface area contributed by atoms with Crippen molar-refractivity contribution in [3.8, 4) is 0 Å². The van der Waals surface area contributed by atoms with Crippen molar-refractivity contribution in [3.63, 3.8) is 0 Å². The first-order valence-corrected chi connectivity index (χ1v) is 8.00. The first kappa shape index (κ1) is 15.2. The maximum atomic E-state index is 11.4. The SMILES string of the molecule is CCCCC1(CCCC)O[C@H]2O[C@H]3[C@H](OC(=O)[C@H]3O)[C@H]2O1. The van der Waals surface area contributed by atoms with Crippen LogP contribution in [0.3, 0.4) is 0 Å². The van der Waals surface area contributed by atoms with Crippen molar-refractivity contribution in [3.05, 3.63) is 0 Å². The van der Waals surface area contributed by atoms with Gasteiger partial charge in [0.05, 0.1) is 0 Å². The van der Waals surface area contributed by atoms with E-state index in [9.17, 15) is 9.90 Å². The van der Waals surface area contributed by atoms with Gasteiger partial charge in [-0.2, -0.15) is 0 Å². The van der Waals surface area contributed by atoms with Gasteiger partial charge in [-0.1, -0.05) is 26.7 Å². The van der Waals surface area contributed by atoms with Crippen LogP contribution in [0.1, 0.15) is 52.4 Å². The molecule has 6 nitrogen and oxygen atoms in total. The molecular weight excluding hydrogens is 276 g/mol. The average Bonchev–Trinajstić information content (AvgIpc) is 3.06. The molecule has 5 atom stereocenters. The summed E-state index contributed by atoms with van der Waals surface area (Å²) in [5.74, 6) is -1.27. The van der Waals surface area contributed by atoms with Gasteiger partial charge < -0.3 is 24.1 Å². The van der Waals surface area contributed by atoms with Crippen molar-refractivity contribution in [2.24, 2.45) is 0 Å². The van der Waals surface area contributed by atoms with Crippen molar-refractivity contribution in [1.29, 1.82) is 0 Å². The first-order chi connectivity index (χ1) is 10.1. The monoisotopic (exact) mass is 300 g/mol. The Balaban J connectivity index is 1.70. The molecule has 3 saturated heterocycles. The summed E-state index contributed by atoms with van der Waals surface area (Å²) >= 11 is 0. The lowest BCUT2D eigenvalue weighted by atomic mass is 10.0. The third-order valence-electron chi connectivity index (χ3n) is 4.52. The molecule has 3 aliphatic heterocycles. The van der Waals surface area contributed by atoms with Crippen LogP contribution in [0, 0.1) is 0 Å². The summed E-state index contributed by atoms with van der Waals surface area (Å²) in [4.78, 5) is 11.4. The van der Waals surface area contributed by atoms with E-state index in [0.717, 1.165) is 38.5 Å². The maximum Gasteiger partial charge on any atom is 0.338 e. The predicted molar refractivity (Wildman–Crippen MR) is 72.3 cm³/mol. The van der Waals surface area contributed by atoms with E-state index in [-0.39, 0.29) is 0 Å². The number of aliphatic hydroxyl groups excluding tert-OH is 1. The zero-order valence-corrected chi connectivity index (χ0v) is 12.6. The van der Waals surface area contributed by atoms with Crippen molar-refractivity contribution >= 4 is 5.97 Å². The number of aliphatic hydroxyl groups is 1. The summed E-state index contributed by atoms with van der Waals surface area (Å²) in [6.07, 6.45) is 2.37. The van der Waals surface area contributed by atoms with Crippen LogP contribution in [-0.2, 0) is 23.7 Å². The van der Waals surface area contributed by atoms with Crippen LogP contribution in [0.15, 0.2) is 0 Å². The zero-order valence-electron chi connectivity index (χ0n) is 12.6. The fourth-order valence-electron chi connectivity index (χ4n) is 3.34. The minimum Gasteiger partial charge on any atom is -0.454 e. The fraction of sp³-hybridized carbons (Fsp3) is 0.933. The maximum absolute atomic E-state index is 11.4. The summed E-state index contributed by atoms with van der Waals surface area (Å²) in [6, 6.07) is 0. The van der Waals surface area contributed by atoms with Gasteiger partial charge in [-0.15, -0.1) is 0 Å². The van der Waals surface area contributed by atoms with Gasteiger partial charge in [-0.25, -0.2) is 4.79 Å². The minimum absolute atomic E-state index is 0.426. The van der Waals surface area contributed by atoms with Crippen LogP contribution in [0.25, 0.3) is 0 Å². The third kappa shape index (κ3) is 2.59. The fourth-order valence-corrected chi connectivity index (χ4v) is 3.34. The van der Waals surface area contributed by atoms with Crippen LogP contribution >= 0.6 is 0 Å². The third-order valence-corrected chi connectivity index (χ3v) is 4.52. The van der Waals surface area contributed by atoms with Crippen molar-refractivity contribution in [2.45, 2.75) is 88.9 Å². The number of hydrogen-bond acceptors (Lipinski definition) is 6. The molecule has 0 spiro atoms. The van der Waals surface area contributed by atoms with Gasteiger partial charge in [0.15, 0.2) is 30.4 Å². The summed E-state index contributed by atoms with van der Waals surface area (Å²) < 4.78 is 23.1. The molecular formula is C15H24O6. The molecule has 0 aliphatic carbocycles. The molecule has 0 aromatic rings. The second kappa shape index (κ2) is 5.83. The van der Waals surface area contributed by atoms with Crippen LogP contribution in [-0.4, -0.2) is 47.6 Å². The van der Waals surface area contributed by atoms with E-state index in [2.05, 4.69) is 13.8 Å². The molecule has 3 aliphatic rings. The molecule has 6 heteroatoms. The zero-order chi connectivity index (χ0) is 15.0. The number of carbonyl (C=O) groups is 1. The highest BCUT2D eigenvalue weighted by Crippen LogP contribution is 2.46. The highest BCUT2D eigenvalue weighted by atomic mass is 16.8. The Hall–Kier alpha value is -0.690. The molecule has 1 N–H and O–H groups in total. The molecule has 0 amide bonds. The summed E-state index contributed by atoms with van der Waals surface area (Å²) in [6.45, 7) is 4.26. The number of esters is 1. The highest BCUT2D eigenvalue weighted by molar-refractivity contribution is 5.78. The molecule has 3 rings (SSSR count). The van der Waals surface area contributed by atoms with Gasteiger partial charge >= 0.3 is 5.97 Å². The topological polar surface area (TPSA) is 74.2 Å². The molecule has 0 unspecified atom stereocenters. The van der Waals surface area contributed by atoms with Crippen LogP contribution in [0.4, 0.5) is 0 Å². The number of fused-ring (bicyclic) bond motifs is 3. The molecule has 120 valence electrons. The van der Waals surface area contributed by atoms with E-state index < -0.39 is 42.5 Å². The normalized spacial score (nSPS) is 40.1. The smallest absolute Gasteiger partial charge is 0.338 e. The first-order valence-electron chi connectivity index (χ1n) is 8.00. The Kier molecular flexibility index (Phi) is 4.23. The van der Waals surface area contributed by atoms with Gasteiger partial charge in [0.2, 0.25) is 0 Å². The minimum atomic E-state index is -1.23. The molecule has 21 heavy (non-hydrogen) atoms. The van der Waals surface area contributed by atoms with Crippen LogP contribution < -0.4 is 0 Å². The van der Waals surface area contributed by atoms with Gasteiger partial charge in [0.1, 0.15) is 6.10 Å². The molecule has 3 fully saturated rings. The van der Waals surface area contributed by atoms with Gasteiger partial charge in [0.25, 0.3) is 0 Å². The lowest BCUT2D eigenvalue weighted by Crippen LogP contribution is -2.38. The van der Waals surface area contributed by atoms with E-state index in [4.69, 9.17) is 18.9 Å². The number of rotatable bonds is 6.